The number of carbonyl (C=O) groups is 2. The van der Waals surface area contributed by atoms with Gasteiger partial charge in [0.25, 0.3) is 5.89 Å². The van der Waals surface area contributed by atoms with Gasteiger partial charge in [-0.25, -0.2) is 0 Å². The van der Waals surface area contributed by atoms with E-state index in [2.05, 4.69) is 15.5 Å². The van der Waals surface area contributed by atoms with E-state index in [1.807, 2.05) is 30.3 Å². The number of ether oxygens (including phenoxy) is 1. The average molecular weight is 433 g/mol. The van der Waals surface area contributed by atoms with Gasteiger partial charge in [-0.15, -0.1) is 0 Å². The van der Waals surface area contributed by atoms with E-state index < -0.39 is 17.7 Å². The highest BCUT2D eigenvalue weighted by molar-refractivity contribution is 5.79. The van der Waals surface area contributed by atoms with Crippen LogP contribution in [0.3, 0.4) is 0 Å². The summed E-state index contributed by atoms with van der Waals surface area (Å²) in [6.07, 6.45) is -4.35. The highest BCUT2D eigenvalue weighted by Gasteiger charge is 2.30. The summed E-state index contributed by atoms with van der Waals surface area (Å²) in [7, 11) is 0. The normalized spacial score (nSPS) is 11.2. The van der Waals surface area contributed by atoms with Gasteiger partial charge in [-0.1, -0.05) is 47.6 Å². The van der Waals surface area contributed by atoms with Gasteiger partial charge in [-0.3, -0.25) is 9.59 Å². The Bertz CT molecular complexity index is 1040. The predicted molar refractivity (Wildman–Crippen MR) is 102 cm³/mol. The first-order valence-corrected chi connectivity index (χ1v) is 9.28. The number of carbonyl (C=O) groups excluding carboxylic acids is 2. The molecule has 0 bridgehead atoms. The molecule has 0 radical (unpaired) electrons. The lowest BCUT2D eigenvalue weighted by molar-refractivity contribution is -0.145. The van der Waals surface area contributed by atoms with Crippen LogP contribution >= 0.6 is 0 Å². The third-order valence-electron chi connectivity index (χ3n) is 4.13. The molecule has 3 aromatic rings. The summed E-state index contributed by atoms with van der Waals surface area (Å²) in [5.74, 6) is -0.931. The van der Waals surface area contributed by atoms with Crippen molar-refractivity contribution in [2.75, 3.05) is 6.54 Å². The molecule has 1 amide bonds. The van der Waals surface area contributed by atoms with Crippen molar-refractivity contribution in [1.29, 1.82) is 0 Å². The Kier molecular flexibility index (Phi) is 7.01. The zero-order chi connectivity index (χ0) is 22.3. The van der Waals surface area contributed by atoms with Crippen molar-refractivity contribution in [2.45, 2.75) is 25.6 Å². The molecule has 1 heterocycles. The van der Waals surface area contributed by atoms with E-state index in [0.717, 1.165) is 17.7 Å². The molecule has 10 heteroatoms. The molecule has 0 aliphatic rings. The van der Waals surface area contributed by atoms with Gasteiger partial charge >= 0.3 is 12.1 Å². The largest absolute Gasteiger partial charge is 0.456 e. The molecule has 0 atom stereocenters. The van der Waals surface area contributed by atoms with E-state index in [0.29, 0.717) is 0 Å². The van der Waals surface area contributed by atoms with Gasteiger partial charge in [0.05, 0.1) is 18.4 Å². The second-order valence-electron chi connectivity index (χ2n) is 6.51. The number of nitrogens with one attached hydrogen (secondary N) is 1. The molecule has 0 spiro atoms. The standard InChI is InChI=1S/C21H18F3N3O4/c22-21(23,24)16-8-4-7-15(12-16)20-26-18(31-27-20)13-30-19(29)9-10-25-17(28)11-14-5-2-1-3-6-14/h1-8,12H,9-11,13H2,(H,25,28). The summed E-state index contributed by atoms with van der Waals surface area (Å²) in [4.78, 5) is 27.6. The van der Waals surface area contributed by atoms with Crippen molar-refractivity contribution in [3.05, 3.63) is 71.6 Å². The maximum Gasteiger partial charge on any atom is 0.416 e. The predicted octanol–water partition coefficient (Wildman–Crippen LogP) is 3.55. The summed E-state index contributed by atoms with van der Waals surface area (Å²) >= 11 is 0. The maximum absolute atomic E-state index is 12.8. The van der Waals surface area contributed by atoms with Crippen LogP contribution in [0.4, 0.5) is 13.2 Å². The van der Waals surface area contributed by atoms with Crippen molar-refractivity contribution in [3.8, 4) is 11.4 Å². The SMILES string of the molecule is O=C(Cc1ccccc1)NCCC(=O)OCc1nc(-c2cccc(C(F)(F)F)c2)no1. The number of halogens is 3. The van der Waals surface area contributed by atoms with Crippen LogP contribution in [0.5, 0.6) is 0 Å². The van der Waals surface area contributed by atoms with Crippen LogP contribution in [0.25, 0.3) is 11.4 Å². The van der Waals surface area contributed by atoms with E-state index in [4.69, 9.17) is 9.26 Å². The van der Waals surface area contributed by atoms with Crippen LogP contribution in [0.2, 0.25) is 0 Å². The Morgan fingerprint density at radius 1 is 1.06 bits per heavy atom. The minimum Gasteiger partial charge on any atom is -0.456 e. The lowest BCUT2D eigenvalue weighted by atomic mass is 10.1. The van der Waals surface area contributed by atoms with Crippen LogP contribution in [0, 0.1) is 0 Å². The quantitative estimate of drug-likeness (QED) is 0.546. The Hall–Kier alpha value is -3.69. The third kappa shape index (κ3) is 6.66. The van der Waals surface area contributed by atoms with Crippen molar-refractivity contribution in [2.24, 2.45) is 0 Å². The number of nitrogens with zero attached hydrogens (tertiary/aromatic N) is 2. The molecule has 7 nitrogen and oxygen atoms in total. The first kappa shape index (κ1) is 22.0. The number of esters is 1. The van der Waals surface area contributed by atoms with E-state index >= 15 is 0 Å². The Morgan fingerprint density at radius 2 is 1.84 bits per heavy atom. The molecule has 0 fully saturated rings. The first-order chi connectivity index (χ1) is 14.8. The number of benzene rings is 2. The molecule has 1 aromatic heterocycles. The summed E-state index contributed by atoms with van der Waals surface area (Å²) in [5, 5.41) is 6.23. The molecular weight excluding hydrogens is 415 g/mol. The summed E-state index contributed by atoms with van der Waals surface area (Å²) < 4.78 is 48.3. The Labute approximate surface area is 175 Å². The highest BCUT2D eigenvalue weighted by Crippen LogP contribution is 2.31. The fraction of sp³-hybridized carbons (Fsp3) is 0.238. The number of aromatic nitrogens is 2. The zero-order valence-corrected chi connectivity index (χ0v) is 16.2. The van der Waals surface area contributed by atoms with Crippen LogP contribution in [-0.2, 0) is 33.5 Å². The molecule has 0 aliphatic heterocycles. The van der Waals surface area contributed by atoms with E-state index in [1.165, 1.54) is 12.1 Å². The minimum atomic E-state index is -4.49. The average Bonchev–Trinajstić information content (AvgIpc) is 3.22. The monoisotopic (exact) mass is 433 g/mol. The molecule has 3 rings (SSSR count). The smallest absolute Gasteiger partial charge is 0.416 e. The van der Waals surface area contributed by atoms with E-state index in [1.54, 1.807) is 0 Å². The number of hydrogen-bond acceptors (Lipinski definition) is 6. The van der Waals surface area contributed by atoms with Crippen molar-refractivity contribution in [3.63, 3.8) is 0 Å². The maximum atomic E-state index is 12.8. The number of hydrogen-bond donors (Lipinski definition) is 1. The van der Waals surface area contributed by atoms with Gasteiger partial charge in [0.15, 0.2) is 6.61 Å². The topological polar surface area (TPSA) is 94.3 Å². The van der Waals surface area contributed by atoms with Gasteiger partial charge in [0.2, 0.25) is 11.7 Å². The van der Waals surface area contributed by atoms with Crippen molar-refractivity contribution >= 4 is 11.9 Å². The molecule has 162 valence electrons. The number of amides is 1. The second kappa shape index (κ2) is 9.88. The molecule has 0 saturated heterocycles. The van der Waals surface area contributed by atoms with Gasteiger partial charge in [0, 0.05) is 12.1 Å². The van der Waals surface area contributed by atoms with Gasteiger partial charge in [0.1, 0.15) is 0 Å². The fourth-order valence-electron chi connectivity index (χ4n) is 2.63. The lowest BCUT2D eigenvalue weighted by Gasteiger charge is -2.06. The molecule has 2 aromatic carbocycles. The molecule has 1 N–H and O–H groups in total. The van der Waals surface area contributed by atoms with Crippen LogP contribution in [0.1, 0.15) is 23.4 Å². The molecule has 0 aliphatic carbocycles. The summed E-state index contributed by atoms with van der Waals surface area (Å²) in [6, 6.07) is 13.6. The molecule has 0 unspecified atom stereocenters. The fourth-order valence-corrected chi connectivity index (χ4v) is 2.63. The highest BCUT2D eigenvalue weighted by atomic mass is 19.4. The van der Waals surface area contributed by atoms with E-state index in [-0.39, 0.29) is 49.2 Å². The first-order valence-electron chi connectivity index (χ1n) is 9.28. The second-order valence-corrected chi connectivity index (χ2v) is 6.51. The van der Waals surface area contributed by atoms with Crippen molar-refractivity contribution in [1.82, 2.24) is 15.5 Å². The van der Waals surface area contributed by atoms with Crippen LogP contribution in [-0.4, -0.2) is 28.6 Å². The van der Waals surface area contributed by atoms with Gasteiger partial charge < -0.3 is 14.6 Å². The lowest BCUT2D eigenvalue weighted by Crippen LogP contribution is -2.27. The molecule has 31 heavy (non-hydrogen) atoms. The van der Waals surface area contributed by atoms with E-state index in [9.17, 15) is 22.8 Å². The Balaban J connectivity index is 1.43. The Morgan fingerprint density at radius 3 is 2.58 bits per heavy atom. The summed E-state index contributed by atoms with van der Waals surface area (Å²) in [6.45, 7) is -0.230. The zero-order valence-electron chi connectivity index (χ0n) is 16.2. The van der Waals surface area contributed by atoms with Gasteiger partial charge in [-0.2, -0.15) is 18.2 Å². The number of alkyl halides is 3. The number of rotatable bonds is 8. The van der Waals surface area contributed by atoms with Crippen LogP contribution < -0.4 is 5.32 Å². The minimum absolute atomic E-state index is 0.0506. The van der Waals surface area contributed by atoms with Crippen LogP contribution in [0.15, 0.2) is 59.1 Å². The van der Waals surface area contributed by atoms with Gasteiger partial charge in [-0.05, 0) is 17.7 Å². The summed E-state index contributed by atoms with van der Waals surface area (Å²) in [5.41, 5.74) is 0.143. The van der Waals surface area contributed by atoms with Crippen molar-refractivity contribution < 1.29 is 32.0 Å². The molecular formula is C21H18F3N3O4. The third-order valence-corrected chi connectivity index (χ3v) is 4.13. The molecule has 0 saturated carbocycles.